The second kappa shape index (κ2) is 8.37. The van der Waals surface area contributed by atoms with Crippen molar-refractivity contribution in [1.29, 1.82) is 0 Å². The summed E-state index contributed by atoms with van der Waals surface area (Å²) in [5.41, 5.74) is 2.26. The zero-order chi connectivity index (χ0) is 21.1. The molecule has 1 atom stereocenters. The van der Waals surface area contributed by atoms with E-state index in [1.54, 1.807) is 43.3 Å². The van der Waals surface area contributed by atoms with E-state index in [9.17, 15) is 14.4 Å². The Kier molecular flexibility index (Phi) is 5.48. The highest BCUT2D eigenvalue weighted by Gasteiger charge is 2.18. The first-order chi connectivity index (χ1) is 14.5. The quantitative estimate of drug-likeness (QED) is 0.582. The molecule has 0 saturated heterocycles. The third-order valence-corrected chi connectivity index (χ3v) is 5.57. The van der Waals surface area contributed by atoms with Crippen LogP contribution in [0.1, 0.15) is 23.3 Å². The van der Waals surface area contributed by atoms with E-state index < -0.39 is 6.04 Å². The summed E-state index contributed by atoms with van der Waals surface area (Å²) in [4.78, 5) is 41.2. The highest BCUT2D eigenvalue weighted by molar-refractivity contribution is 8.00. The van der Waals surface area contributed by atoms with Crippen molar-refractivity contribution in [2.24, 2.45) is 0 Å². The monoisotopic (exact) mass is 422 g/mol. The maximum Gasteiger partial charge on any atom is 0.255 e. The lowest BCUT2D eigenvalue weighted by Gasteiger charge is -2.17. The van der Waals surface area contributed by atoms with Gasteiger partial charge in [0.2, 0.25) is 11.8 Å². The molecule has 1 aliphatic rings. The molecule has 1 unspecified atom stereocenters. The molecule has 0 bridgehead atoms. The van der Waals surface area contributed by atoms with Crippen LogP contribution in [0.3, 0.4) is 0 Å². The van der Waals surface area contributed by atoms with Gasteiger partial charge in [-0.3, -0.25) is 14.4 Å². The topological polar surface area (TPSA) is 118 Å². The molecule has 4 rings (SSSR count). The number of thioether (sulfide) groups is 1. The summed E-state index contributed by atoms with van der Waals surface area (Å²) in [5, 5.41) is 12.3. The van der Waals surface area contributed by atoms with Crippen LogP contribution in [0, 0.1) is 0 Å². The van der Waals surface area contributed by atoms with E-state index in [0.717, 1.165) is 4.90 Å². The molecular formula is C20H18N6O3S. The molecule has 0 spiro atoms. The van der Waals surface area contributed by atoms with Gasteiger partial charge in [0.25, 0.3) is 5.91 Å². The molecule has 0 saturated carbocycles. The van der Waals surface area contributed by atoms with Crippen LogP contribution in [0.2, 0.25) is 0 Å². The number of fused-ring (bicyclic) bond motifs is 1. The van der Waals surface area contributed by atoms with Gasteiger partial charge in [-0.1, -0.05) is 0 Å². The Balaban J connectivity index is 1.39. The van der Waals surface area contributed by atoms with Gasteiger partial charge in [-0.2, -0.15) is 5.10 Å². The summed E-state index contributed by atoms with van der Waals surface area (Å²) in [6.07, 6.45) is 2.85. The second-order valence-electron chi connectivity index (χ2n) is 6.62. The lowest BCUT2D eigenvalue weighted by atomic mass is 10.1. The van der Waals surface area contributed by atoms with Crippen molar-refractivity contribution in [3.8, 4) is 0 Å². The molecule has 152 valence electrons. The number of carbonyl (C=O) groups is 3. The van der Waals surface area contributed by atoms with Gasteiger partial charge in [-0.25, -0.2) is 9.67 Å². The highest BCUT2D eigenvalue weighted by Crippen LogP contribution is 2.32. The molecule has 1 aliphatic heterocycles. The first kappa shape index (κ1) is 19.6. The Bertz CT molecular complexity index is 1100. The molecule has 0 radical (unpaired) electrons. The average molecular weight is 422 g/mol. The molecule has 3 N–H and O–H groups in total. The van der Waals surface area contributed by atoms with E-state index in [1.807, 2.05) is 6.07 Å². The minimum absolute atomic E-state index is 0.0826. The lowest BCUT2D eigenvalue weighted by Crippen LogP contribution is -2.24. The maximum atomic E-state index is 12.5. The highest BCUT2D eigenvalue weighted by atomic mass is 32.2. The van der Waals surface area contributed by atoms with E-state index >= 15 is 0 Å². The number of hydrogen-bond donors (Lipinski definition) is 3. The minimum atomic E-state index is -0.505. The fraction of sp³-hybridized carbons (Fsp3) is 0.150. The van der Waals surface area contributed by atoms with Crippen LogP contribution < -0.4 is 16.0 Å². The molecule has 3 amide bonds. The van der Waals surface area contributed by atoms with Crippen LogP contribution in [0.5, 0.6) is 0 Å². The Morgan fingerprint density at radius 3 is 2.57 bits per heavy atom. The van der Waals surface area contributed by atoms with Crippen LogP contribution in [-0.4, -0.2) is 38.2 Å². The Labute approximate surface area is 176 Å². The van der Waals surface area contributed by atoms with Crippen molar-refractivity contribution in [2.75, 3.05) is 21.7 Å². The van der Waals surface area contributed by atoms with Gasteiger partial charge in [-0.05, 0) is 49.4 Å². The lowest BCUT2D eigenvalue weighted by molar-refractivity contribution is -0.119. The van der Waals surface area contributed by atoms with Gasteiger partial charge in [0.15, 0.2) is 0 Å². The summed E-state index contributed by atoms with van der Waals surface area (Å²) in [6, 6.07) is 11.5. The maximum absolute atomic E-state index is 12.5. The smallest absolute Gasteiger partial charge is 0.255 e. The molecular weight excluding hydrogens is 404 g/mol. The van der Waals surface area contributed by atoms with E-state index in [1.165, 1.54) is 29.1 Å². The number of carbonyl (C=O) groups excluding carboxylic acids is 3. The fourth-order valence-electron chi connectivity index (χ4n) is 2.85. The van der Waals surface area contributed by atoms with Crippen molar-refractivity contribution in [3.63, 3.8) is 0 Å². The second-order valence-corrected chi connectivity index (χ2v) is 7.64. The van der Waals surface area contributed by atoms with Gasteiger partial charge in [0.05, 0.1) is 11.4 Å². The third kappa shape index (κ3) is 4.33. The van der Waals surface area contributed by atoms with Gasteiger partial charge in [-0.15, -0.1) is 11.8 Å². The minimum Gasteiger partial charge on any atom is -0.324 e. The van der Waals surface area contributed by atoms with E-state index in [4.69, 9.17) is 0 Å². The summed E-state index contributed by atoms with van der Waals surface area (Å²) >= 11 is 1.44. The van der Waals surface area contributed by atoms with E-state index in [0.29, 0.717) is 28.4 Å². The molecule has 3 aromatic rings. The number of aromatic nitrogens is 3. The number of nitrogens with zero attached hydrogens (tertiary/aromatic N) is 3. The number of nitrogens with one attached hydrogen (secondary N) is 3. The van der Waals surface area contributed by atoms with E-state index in [-0.39, 0.29) is 17.7 Å². The van der Waals surface area contributed by atoms with Crippen LogP contribution in [-0.2, 0) is 9.59 Å². The predicted octanol–water partition coefficient (Wildman–Crippen LogP) is 2.77. The molecule has 1 aromatic heterocycles. The standard InChI is InChI=1S/C20H18N6O3S/c1-12(26-11-21-10-22-26)19(28)23-14-3-5-15(6-4-14)24-20(29)13-2-7-17-16(8-13)25-18(27)9-30-17/h2-8,10-12H,9H2,1H3,(H,23,28)(H,24,29)(H,25,27). The van der Waals surface area contributed by atoms with E-state index in [2.05, 4.69) is 26.0 Å². The first-order valence-corrected chi connectivity index (χ1v) is 10.1. The van der Waals surface area contributed by atoms with Crippen LogP contribution >= 0.6 is 11.8 Å². The average Bonchev–Trinajstić information content (AvgIpc) is 3.28. The Hall–Kier alpha value is -3.66. The zero-order valence-corrected chi connectivity index (χ0v) is 16.8. The predicted molar refractivity (Wildman–Crippen MR) is 114 cm³/mol. The van der Waals surface area contributed by atoms with Crippen LogP contribution in [0.25, 0.3) is 0 Å². The molecule has 2 heterocycles. The molecule has 9 nitrogen and oxygen atoms in total. The fourth-order valence-corrected chi connectivity index (χ4v) is 3.64. The van der Waals surface area contributed by atoms with Crippen LogP contribution in [0.15, 0.2) is 60.0 Å². The Morgan fingerprint density at radius 2 is 1.87 bits per heavy atom. The summed E-state index contributed by atoms with van der Waals surface area (Å²) in [7, 11) is 0. The van der Waals surface area contributed by atoms with Gasteiger partial charge < -0.3 is 16.0 Å². The van der Waals surface area contributed by atoms with Crippen molar-refractivity contribution in [1.82, 2.24) is 14.8 Å². The molecule has 2 aromatic carbocycles. The zero-order valence-electron chi connectivity index (χ0n) is 16.0. The molecule has 10 heteroatoms. The van der Waals surface area contributed by atoms with Crippen LogP contribution in [0.4, 0.5) is 17.1 Å². The number of benzene rings is 2. The molecule has 30 heavy (non-hydrogen) atoms. The van der Waals surface area contributed by atoms with Gasteiger partial charge in [0, 0.05) is 21.8 Å². The number of amides is 3. The van der Waals surface area contributed by atoms with Crippen molar-refractivity contribution >= 4 is 46.5 Å². The molecule has 0 aliphatic carbocycles. The van der Waals surface area contributed by atoms with Crippen molar-refractivity contribution < 1.29 is 14.4 Å². The number of hydrogen-bond acceptors (Lipinski definition) is 6. The SMILES string of the molecule is CC(C(=O)Nc1ccc(NC(=O)c2ccc3c(c2)NC(=O)CS3)cc1)n1cncn1. The number of rotatable bonds is 5. The van der Waals surface area contributed by atoms with Crippen molar-refractivity contribution in [3.05, 3.63) is 60.7 Å². The Morgan fingerprint density at radius 1 is 1.13 bits per heavy atom. The molecule has 0 fully saturated rings. The van der Waals surface area contributed by atoms with Gasteiger partial charge >= 0.3 is 0 Å². The summed E-state index contributed by atoms with van der Waals surface area (Å²) < 4.78 is 1.46. The summed E-state index contributed by atoms with van der Waals surface area (Å²) in [5.74, 6) is -0.231. The normalized spacial score (nSPS) is 13.7. The summed E-state index contributed by atoms with van der Waals surface area (Å²) in [6.45, 7) is 1.72. The van der Waals surface area contributed by atoms with Gasteiger partial charge in [0.1, 0.15) is 18.7 Å². The third-order valence-electron chi connectivity index (χ3n) is 4.50. The largest absolute Gasteiger partial charge is 0.324 e. The first-order valence-electron chi connectivity index (χ1n) is 9.13. The number of anilines is 3. The van der Waals surface area contributed by atoms with Crippen molar-refractivity contribution in [2.45, 2.75) is 17.9 Å².